The van der Waals surface area contributed by atoms with Gasteiger partial charge in [-0.1, -0.05) is 37.0 Å². The molecule has 1 heterocycles. The first-order chi connectivity index (χ1) is 9.32. The summed E-state index contributed by atoms with van der Waals surface area (Å²) in [5, 5.41) is 11.0. The summed E-state index contributed by atoms with van der Waals surface area (Å²) in [5.41, 5.74) is -0.770. The number of hydrogen-bond acceptors (Lipinski definition) is 3. The lowest BCUT2D eigenvalue weighted by Gasteiger charge is -2.48. The molecular formula is C14H17Cl2NO3. The Labute approximate surface area is 128 Å². The summed E-state index contributed by atoms with van der Waals surface area (Å²) in [5.74, 6) is 0.378. The Morgan fingerprint density at radius 3 is 2.65 bits per heavy atom. The van der Waals surface area contributed by atoms with Crippen LogP contribution in [0.1, 0.15) is 13.8 Å². The van der Waals surface area contributed by atoms with Crippen molar-refractivity contribution in [1.82, 2.24) is 4.90 Å². The maximum Gasteiger partial charge on any atom is 0.260 e. The van der Waals surface area contributed by atoms with E-state index >= 15 is 0 Å². The summed E-state index contributed by atoms with van der Waals surface area (Å²) in [6.45, 7) is 4.47. The van der Waals surface area contributed by atoms with Crippen molar-refractivity contribution in [3.8, 4) is 5.75 Å². The van der Waals surface area contributed by atoms with Crippen LogP contribution in [0.15, 0.2) is 18.2 Å². The van der Waals surface area contributed by atoms with E-state index in [2.05, 4.69) is 0 Å². The highest BCUT2D eigenvalue weighted by Gasteiger charge is 2.45. The quantitative estimate of drug-likeness (QED) is 0.928. The van der Waals surface area contributed by atoms with Crippen LogP contribution >= 0.6 is 23.2 Å². The Balaban J connectivity index is 1.85. The molecule has 0 bridgehead atoms. The Hall–Kier alpha value is -0.970. The first-order valence-corrected chi connectivity index (χ1v) is 7.15. The molecule has 110 valence electrons. The van der Waals surface area contributed by atoms with Gasteiger partial charge in [0.15, 0.2) is 6.61 Å². The highest BCUT2D eigenvalue weighted by atomic mass is 35.5. The van der Waals surface area contributed by atoms with Crippen LogP contribution in [0.25, 0.3) is 0 Å². The maximum atomic E-state index is 11.9. The Morgan fingerprint density at radius 2 is 2.10 bits per heavy atom. The second-order valence-corrected chi connectivity index (χ2v) is 6.22. The molecule has 6 heteroatoms. The topological polar surface area (TPSA) is 49.8 Å². The number of β-amino-alcohol motifs (C(OH)–C–C–N with tert-alkyl or cyclic N) is 1. The predicted octanol–water partition coefficient (Wildman–Crippen LogP) is 2.60. The molecule has 4 nitrogen and oxygen atoms in total. The van der Waals surface area contributed by atoms with Crippen LogP contribution in [0.2, 0.25) is 10.0 Å². The van der Waals surface area contributed by atoms with Gasteiger partial charge in [0.1, 0.15) is 11.4 Å². The molecule has 0 unspecified atom stereocenters. The van der Waals surface area contributed by atoms with Crippen molar-refractivity contribution in [2.75, 3.05) is 19.7 Å². The SMILES string of the molecule is CC(C)C1(O)CN(C(=O)COc2ccc(Cl)cc2Cl)C1. The van der Waals surface area contributed by atoms with Crippen molar-refractivity contribution in [3.05, 3.63) is 28.2 Å². The molecule has 1 aliphatic heterocycles. The zero-order valence-electron chi connectivity index (χ0n) is 11.4. The van der Waals surface area contributed by atoms with Gasteiger partial charge in [0.25, 0.3) is 5.91 Å². The first kappa shape index (κ1) is 15.4. The summed E-state index contributed by atoms with van der Waals surface area (Å²) in [6.07, 6.45) is 0. The number of halogens is 2. The van der Waals surface area contributed by atoms with Crippen LogP contribution < -0.4 is 4.74 Å². The second-order valence-electron chi connectivity index (χ2n) is 5.37. The highest BCUT2D eigenvalue weighted by molar-refractivity contribution is 6.35. The number of rotatable bonds is 4. The molecule has 1 aromatic rings. The van der Waals surface area contributed by atoms with Crippen LogP contribution in [-0.2, 0) is 4.79 Å². The minimum atomic E-state index is -0.770. The van der Waals surface area contributed by atoms with Gasteiger partial charge in [0.05, 0.1) is 18.1 Å². The normalized spacial score (nSPS) is 17.0. The van der Waals surface area contributed by atoms with E-state index < -0.39 is 5.60 Å². The van der Waals surface area contributed by atoms with E-state index in [-0.39, 0.29) is 18.4 Å². The van der Waals surface area contributed by atoms with Gasteiger partial charge in [-0.05, 0) is 24.1 Å². The zero-order chi connectivity index (χ0) is 14.9. The van der Waals surface area contributed by atoms with Crippen molar-refractivity contribution in [2.24, 2.45) is 5.92 Å². The summed E-state index contributed by atoms with van der Waals surface area (Å²) in [7, 11) is 0. The molecule has 0 aliphatic carbocycles. The number of carbonyl (C=O) groups is 1. The first-order valence-electron chi connectivity index (χ1n) is 6.40. The molecule has 1 amide bonds. The average Bonchev–Trinajstić information content (AvgIpc) is 2.33. The third kappa shape index (κ3) is 3.19. The fourth-order valence-electron chi connectivity index (χ4n) is 1.98. The maximum absolute atomic E-state index is 11.9. The number of aliphatic hydroxyl groups is 1. The van der Waals surface area contributed by atoms with Crippen molar-refractivity contribution < 1.29 is 14.6 Å². The monoisotopic (exact) mass is 317 g/mol. The molecule has 20 heavy (non-hydrogen) atoms. The lowest BCUT2D eigenvalue weighted by atomic mass is 9.83. The van der Waals surface area contributed by atoms with E-state index in [1.54, 1.807) is 23.1 Å². The summed E-state index contributed by atoms with van der Waals surface area (Å²) in [6, 6.07) is 4.83. The Bertz CT molecular complexity index is 513. The smallest absolute Gasteiger partial charge is 0.260 e. The van der Waals surface area contributed by atoms with E-state index in [4.69, 9.17) is 27.9 Å². The molecule has 1 aliphatic rings. The highest BCUT2D eigenvalue weighted by Crippen LogP contribution is 2.30. The predicted molar refractivity (Wildman–Crippen MR) is 78.3 cm³/mol. The van der Waals surface area contributed by atoms with E-state index in [0.29, 0.717) is 28.9 Å². The molecule has 1 fully saturated rings. The second kappa shape index (κ2) is 5.80. The van der Waals surface area contributed by atoms with Gasteiger partial charge in [-0.15, -0.1) is 0 Å². The van der Waals surface area contributed by atoms with Gasteiger partial charge in [0, 0.05) is 5.02 Å². The third-order valence-corrected chi connectivity index (χ3v) is 4.13. The van der Waals surface area contributed by atoms with E-state index in [0.717, 1.165) is 0 Å². The summed E-state index contributed by atoms with van der Waals surface area (Å²) < 4.78 is 5.38. The lowest BCUT2D eigenvalue weighted by molar-refractivity contribution is -0.165. The molecule has 0 atom stereocenters. The molecule has 1 aromatic carbocycles. The number of amides is 1. The van der Waals surface area contributed by atoms with E-state index in [9.17, 15) is 9.90 Å². The summed E-state index contributed by atoms with van der Waals surface area (Å²) in [4.78, 5) is 13.5. The van der Waals surface area contributed by atoms with Gasteiger partial charge >= 0.3 is 0 Å². The van der Waals surface area contributed by atoms with Gasteiger partial charge < -0.3 is 14.7 Å². The standard InChI is InChI=1S/C14H17Cl2NO3/c1-9(2)14(19)7-17(8-14)13(18)6-20-12-4-3-10(15)5-11(12)16/h3-5,9,19H,6-8H2,1-2H3. The third-order valence-electron chi connectivity index (χ3n) is 3.60. The Morgan fingerprint density at radius 1 is 1.45 bits per heavy atom. The van der Waals surface area contributed by atoms with Gasteiger partial charge in [-0.2, -0.15) is 0 Å². The molecule has 1 N–H and O–H groups in total. The van der Waals surface area contributed by atoms with Crippen LogP contribution in [0.3, 0.4) is 0 Å². The van der Waals surface area contributed by atoms with Crippen molar-refractivity contribution in [1.29, 1.82) is 0 Å². The summed E-state index contributed by atoms with van der Waals surface area (Å²) >= 11 is 11.7. The number of benzene rings is 1. The molecular weight excluding hydrogens is 301 g/mol. The fraction of sp³-hybridized carbons (Fsp3) is 0.500. The molecule has 2 rings (SSSR count). The molecule has 0 aromatic heterocycles. The van der Waals surface area contributed by atoms with Crippen LogP contribution in [0, 0.1) is 5.92 Å². The molecule has 0 saturated carbocycles. The van der Waals surface area contributed by atoms with Crippen molar-refractivity contribution >= 4 is 29.1 Å². The van der Waals surface area contributed by atoms with Crippen LogP contribution in [0.4, 0.5) is 0 Å². The molecule has 0 radical (unpaired) electrons. The number of ether oxygens (including phenoxy) is 1. The Kier molecular flexibility index (Phi) is 4.47. The number of carbonyl (C=O) groups excluding carboxylic acids is 1. The largest absolute Gasteiger partial charge is 0.482 e. The lowest BCUT2D eigenvalue weighted by Crippen LogP contribution is -2.66. The number of nitrogens with zero attached hydrogens (tertiary/aromatic N) is 1. The van der Waals surface area contributed by atoms with E-state index in [1.807, 2.05) is 13.8 Å². The number of hydrogen-bond donors (Lipinski definition) is 1. The average molecular weight is 318 g/mol. The minimum absolute atomic E-state index is 0.102. The van der Waals surface area contributed by atoms with Gasteiger partial charge in [0.2, 0.25) is 0 Å². The van der Waals surface area contributed by atoms with Gasteiger partial charge in [-0.25, -0.2) is 0 Å². The molecule has 1 saturated heterocycles. The fourth-order valence-corrected chi connectivity index (χ4v) is 2.44. The van der Waals surface area contributed by atoms with Crippen LogP contribution in [-0.4, -0.2) is 41.2 Å². The van der Waals surface area contributed by atoms with Gasteiger partial charge in [-0.3, -0.25) is 4.79 Å². The van der Waals surface area contributed by atoms with Crippen molar-refractivity contribution in [3.63, 3.8) is 0 Å². The van der Waals surface area contributed by atoms with Crippen molar-refractivity contribution in [2.45, 2.75) is 19.4 Å². The van der Waals surface area contributed by atoms with E-state index in [1.165, 1.54) is 0 Å². The molecule has 0 spiro atoms. The minimum Gasteiger partial charge on any atom is -0.482 e. The number of likely N-dealkylation sites (tertiary alicyclic amines) is 1. The van der Waals surface area contributed by atoms with Crippen LogP contribution in [0.5, 0.6) is 5.75 Å². The zero-order valence-corrected chi connectivity index (χ0v) is 12.9.